The molecule has 0 saturated carbocycles. The largest absolute Gasteiger partial charge is 0.432 e. The molecule has 4 nitrogen and oxygen atoms in total. The highest BCUT2D eigenvalue weighted by Gasteiger charge is 2.13. The molecule has 20 heavy (non-hydrogen) atoms. The van der Waals surface area contributed by atoms with E-state index >= 15 is 0 Å². The summed E-state index contributed by atoms with van der Waals surface area (Å²) in [6.45, 7) is 1.86. The third-order valence-corrected chi connectivity index (χ3v) is 3.03. The molecule has 0 bridgehead atoms. The lowest BCUT2D eigenvalue weighted by molar-refractivity contribution is 0.429. The van der Waals surface area contributed by atoms with Crippen LogP contribution in [0.4, 0.5) is 10.1 Å². The van der Waals surface area contributed by atoms with Crippen LogP contribution in [0.3, 0.4) is 0 Å². The van der Waals surface area contributed by atoms with E-state index < -0.39 is 5.82 Å². The van der Waals surface area contributed by atoms with Crippen LogP contribution in [0.25, 0.3) is 10.8 Å². The minimum atomic E-state index is -0.531. The van der Waals surface area contributed by atoms with Crippen molar-refractivity contribution in [3.8, 4) is 11.6 Å². The number of aryl methyl sites for hydroxylation is 1. The molecule has 0 amide bonds. The van der Waals surface area contributed by atoms with Gasteiger partial charge in [0.1, 0.15) is 0 Å². The maximum Gasteiger partial charge on any atom is 0.247 e. The van der Waals surface area contributed by atoms with E-state index in [9.17, 15) is 4.39 Å². The van der Waals surface area contributed by atoms with Crippen LogP contribution in [-0.2, 0) is 0 Å². The molecule has 3 aromatic rings. The second kappa shape index (κ2) is 4.77. The minimum absolute atomic E-state index is 0.0317. The number of nitrogens with zero attached hydrogens (tertiary/aromatic N) is 2. The summed E-state index contributed by atoms with van der Waals surface area (Å²) < 4.78 is 19.3. The topological polar surface area (TPSA) is 61.0 Å². The van der Waals surface area contributed by atoms with E-state index in [0.717, 1.165) is 16.5 Å². The van der Waals surface area contributed by atoms with Crippen LogP contribution in [0, 0.1) is 12.7 Å². The first-order valence-electron chi connectivity index (χ1n) is 6.10. The fraction of sp³-hybridized carbons (Fsp3) is 0.0667. The molecule has 1 aromatic heterocycles. The lowest BCUT2D eigenvalue weighted by Crippen LogP contribution is -1.99. The summed E-state index contributed by atoms with van der Waals surface area (Å²) in [5.41, 5.74) is 6.74. The molecule has 5 heteroatoms. The molecule has 2 aromatic carbocycles. The van der Waals surface area contributed by atoms with E-state index in [2.05, 4.69) is 10.2 Å². The number of ether oxygens (including phenoxy) is 1. The molecule has 0 atom stereocenters. The number of fused-ring (bicyclic) bond motifs is 1. The normalized spacial score (nSPS) is 10.7. The first kappa shape index (κ1) is 12.3. The Labute approximate surface area is 115 Å². The van der Waals surface area contributed by atoms with Gasteiger partial charge in [-0.3, -0.25) is 0 Å². The summed E-state index contributed by atoms with van der Waals surface area (Å²) in [6.07, 6.45) is 0. The molecule has 0 aliphatic carbocycles. The van der Waals surface area contributed by atoms with Crippen LogP contribution in [0.1, 0.15) is 5.69 Å². The number of para-hydroxylation sites is 1. The van der Waals surface area contributed by atoms with E-state index in [4.69, 9.17) is 10.5 Å². The van der Waals surface area contributed by atoms with Gasteiger partial charge in [0.25, 0.3) is 0 Å². The van der Waals surface area contributed by atoms with Gasteiger partial charge < -0.3 is 10.5 Å². The van der Waals surface area contributed by atoms with Gasteiger partial charge in [0.05, 0.1) is 11.4 Å². The number of nitrogen functional groups attached to an aromatic ring is 1. The zero-order valence-corrected chi connectivity index (χ0v) is 10.8. The molecular weight excluding hydrogens is 257 g/mol. The van der Waals surface area contributed by atoms with Gasteiger partial charge in [0.2, 0.25) is 5.88 Å². The van der Waals surface area contributed by atoms with Crippen molar-refractivity contribution in [2.75, 3.05) is 5.73 Å². The smallest absolute Gasteiger partial charge is 0.247 e. The standard InChI is InChI=1S/C15H12FN3O/c1-9-10-5-2-3-6-11(10)15(19-18-9)20-14-12(16)7-4-8-13(14)17/h2-8H,17H2,1H3. The summed E-state index contributed by atoms with van der Waals surface area (Å²) in [7, 11) is 0. The Balaban J connectivity index is 2.14. The Morgan fingerprint density at radius 2 is 1.75 bits per heavy atom. The third-order valence-electron chi connectivity index (χ3n) is 3.03. The second-order valence-corrected chi connectivity index (χ2v) is 4.40. The number of anilines is 1. The maximum absolute atomic E-state index is 13.8. The van der Waals surface area contributed by atoms with Crippen LogP contribution in [0.15, 0.2) is 42.5 Å². The highest BCUT2D eigenvalue weighted by molar-refractivity contribution is 5.88. The van der Waals surface area contributed by atoms with Gasteiger partial charge >= 0.3 is 0 Å². The Kier molecular flexibility index (Phi) is 2.95. The van der Waals surface area contributed by atoms with Crippen molar-refractivity contribution in [1.29, 1.82) is 0 Å². The number of rotatable bonds is 2. The van der Waals surface area contributed by atoms with Gasteiger partial charge in [-0.2, -0.15) is 5.10 Å². The molecule has 0 aliphatic heterocycles. The second-order valence-electron chi connectivity index (χ2n) is 4.40. The number of halogens is 1. The van der Waals surface area contributed by atoms with Crippen LogP contribution in [0.2, 0.25) is 0 Å². The zero-order valence-electron chi connectivity index (χ0n) is 10.8. The monoisotopic (exact) mass is 269 g/mol. The molecule has 0 fully saturated rings. The molecule has 0 saturated heterocycles. The first-order valence-corrected chi connectivity index (χ1v) is 6.10. The Hall–Kier alpha value is -2.69. The Bertz CT molecular complexity index is 769. The van der Waals surface area contributed by atoms with Crippen molar-refractivity contribution < 1.29 is 9.13 Å². The van der Waals surface area contributed by atoms with E-state index in [1.807, 2.05) is 31.2 Å². The van der Waals surface area contributed by atoms with Gasteiger partial charge in [-0.25, -0.2) is 4.39 Å². The summed E-state index contributed by atoms with van der Waals surface area (Å²) >= 11 is 0. The van der Waals surface area contributed by atoms with E-state index in [0.29, 0.717) is 0 Å². The van der Waals surface area contributed by atoms with Gasteiger partial charge in [-0.1, -0.05) is 24.3 Å². The first-order chi connectivity index (χ1) is 9.66. The van der Waals surface area contributed by atoms with Crippen LogP contribution < -0.4 is 10.5 Å². The number of hydrogen-bond acceptors (Lipinski definition) is 4. The van der Waals surface area contributed by atoms with Gasteiger partial charge in [0.15, 0.2) is 11.6 Å². The summed E-state index contributed by atoms with van der Waals surface area (Å²) in [4.78, 5) is 0. The predicted molar refractivity (Wildman–Crippen MR) is 75.2 cm³/mol. The predicted octanol–water partition coefficient (Wildman–Crippen LogP) is 3.45. The van der Waals surface area contributed by atoms with Crippen molar-refractivity contribution in [2.24, 2.45) is 0 Å². The van der Waals surface area contributed by atoms with Gasteiger partial charge in [-0.15, -0.1) is 5.10 Å². The third kappa shape index (κ3) is 2.03. The molecule has 0 radical (unpaired) electrons. The molecule has 3 rings (SSSR count). The highest BCUT2D eigenvalue weighted by atomic mass is 19.1. The number of nitrogens with two attached hydrogens (primary N) is 1. The number of aromatic nitrogens is 2. The van der Waals surface area contributed by atoms with Crippen molar-refractivity contribution >= 4 is 16.5 Å². The fourth-order valence-electron chi connectivity index (χ4n) is 2.02. The lowest BCUT2D eigenvalue weighted by Gasteiger charge is -2.10. The number of hydrogen-bond donors (Lipinski definition) is 1. The molecule has 0 unspecified atom stereocenters. The number of benzene rings is 2. The molecular formula is C15H12FN3O. The maximum atomic E-state index is 13.8. The van der Waals surface area contributed by atoms with Gasteiger partial charge in [-0.05, 0) is 25.1 Å². The molecule has 100 valence electrons. The van der Waals surface area contributed by atoms with Crippen molar-refractivity contribution in [2.45, 2.75) is 6.92 Å². The molecule has 0 spiro atoms. The Morgan fingerprint density at radius 1 is 1.00 bits per heavy atom. The van der Waals surface area contributed by atoms with Crippen LogP contribution in [-0.4, -0.2) is 10.2 Å². The van der Waals surface area contributed by atoms with E-state index in [-0.39, 0.29) is 17.3 Å². The van der Waals surface area contributed by atoms with Crippen molar-refractivity contribution in [3.63, 3.8) is 0 Å². The molecule has 1 heterocycles. The van der Waals surface area contributed by atoms with Gasteiger partial charge in [0, 0.05) is 10.8 Å². The van der Waals surface area contributed by atoms with E-state index in [1.54, 1.807) is 6.07 Å². The lowest BCUT2D eigenvalue weighted by atomic mass is 10.1. The quantitative estimate of drug-likeness (QED) is 0.724. The summed E-state index contributed by atoms with van der Waals surface area (Å²) in [5.74, 6) is -0.324. The average Bonchev–Trinajstić information content (AvgIpc) is 2.46. The Morgan fingerprint density at radius 3 is 2.50 bits per heavy atom. The molecule has 2 N–H and O–H groups in total. The zero-order chi connectivity index (χ0) is 14.1. The van der Waals surface area contributed by atoms with E-state index in [1.165, 1.54) is 12.1 Å². The summed E-state index contributed by atoms with van der Waals surface area (Å²) in [5, 5.41) is 9.69. The highest BCUT2D eigenvalue weighted by Crippen LogP contribution is 2.33. The average molecular weight is 269 g/mol. The van der Waals surface area contributed by atoms with Crippen LogP contribution in [0.5, 0.6) is 11.6 Å². The fourth-order valence-corrected chi connectivity index (χ4v) is 2.02. The van der Waals surface area contributed by atoms with Crippen LogP contribution >= 0.6 is 0 Å². The molecule has 0 aliphatic rings. The minimum Gasteiger partial charge on any atom is -0.432 e. The van der Waals surface area contributed by atoms with Crippen molar-refractivity contribution in [3.05, 3.63) is 54.0 Å². The summed E-state index contributed by atoms with van der Waals surface area (Å²) in [6, 6.07) is 11.9. The SMILES string of the molecule is Cc1nnc(Oc2c(N)cccc2F)c2ccccc12. The van der Waals surface area contributed by atoms with Crippen molar-refractivity contribution in [1.82, 2.24) is 10.2 Å².